The first-order valence-corrected chi connectivity index (χ1v) is 5.76. The molecule has 0 saturated heterocycles. The van der Waals surface area contributed by atoms with Crippen LogP contribution in [0.25, 0.3) is 0 Å². The lowest BCUT2D eigenvalue weighted by molar-refractivity contribution is 0.0596. The molecule has 0 radical (unpaired) electrons. The van der Waals surface area contributed by atoms with Gasteiger partial charge in [-0.25, -0.2) is 4.79 Å². The number of carbonyl (C=O) groups excluding carboxylic acids is 1. The van der Waals surface area contributed by atoms with E-state index in [0.717, 1.165) is 35.3 Å². The highest BCUT2D eigenvalue weighted by molar-refractivity contribution is 5.96. The van der Waals surface area contributed by atoms with Gasteiger partial charge in [0, 0.05) is 24.0 Å². The average molecular weight is 234 g/mol. The largest absolute Gasteiger partial charge is 0.493 e. The van der Waals surface area contributed by atoms with Crippen LogP contribution >= 0.6 is 0 Å². The van der Waals surface area contributed by atoms with Crippen LogP contribution in [0.3, 0.4) is 0 Å². The summed E-state index contributed by atoms with van der Waals surface area (Å²) >= 11 is 0. The Kier molecular flexibility index (Phi) is 2.24. The summed E-state index contributed by atoms with van der Waals surface area (Å²) < 4.78 is 16.1. The van der Waals surface area contributed by atoms with Crippen LogP contribution in [-0.2, 0) is 17.6 Å². The Hall–Kier alpha value is -1.71. The minimum atomic E-state index is -0.329. The Morgan fingerprint density at radius 3 is 2.47 bits per heavy atom. The quantitative estimate of drug-likeness (QED) is 0.693. The van der Waals surface area contributed by atoms with E-state index in [1.165, 1.54) is 7.11 Å². The van der Waals surface area contributed by atoms with Gasteiger partial charge in [0.1, 0.15) is 17.1 Å². The predicted molar refractivity (Wildman–Crippen MR) is 60.9 cm³/mol. The molecule has 4 heteroatoms. The molecule has 2 heterocycles. The Labute approximate surface area is 99.5 Å². The van der Waals surface area contributed by atoms with Crippen molar-refractivity contribution in [2.45, 2.75) is 19.8 Å². The zero-order valence-corrected chi connectivity index (χ0v) is 9.96. The second-order valence-electron chi connectivity index (χ2n) is 4.30. The number of fused-ring (bicyclic) bond motifs is 2. The number of rotatable bonds is 1. The van der Waals surface area contributed by atoms with E-state index in [2.05, 4.69) is 0 Å². The molecule has 90 valence electrons. The SMILES string of the molecule is COC(=O)c1c2c(c(C)c3c1OCC3)OCC2. The maximum absolute atomic E-state index is 11.9. The molecule has 0 spiro atoms. The maximum Gasteiger partial charge on any atom is 0.342 e. The van der Waals surface area contributed by atoms with E-state index in [1.54, 1.807) is 0 Å². The van der Waals surface area contributed by atoms with Gasteiger partial charge in [0.05, 0.1) is 20.3 Å². The third-order valence-electron chi connectivity index (χ3n) is 3.46. The first-order valence-electron chi connectivity index (χ1n) is 5.76. The topological polar surface area (TPSA) is 44.8 Å². The molecule has 4 nitrogen and oxygen atoms in total. The summed E-state index contributed by atoms with van der Waals surface area (Å²) in [5.74, 6) is 1.23. The molecule has 0 bridgehead atoms. The lowest BCUT2D eigenvalue weighted by Gasteiger charge is -2.13. The Morgan fingerprint density at radius 2 is 1.76 bits per heavy atom. The first kappa shape index (κ1) is 10.4. The Bertz CT molecular complexity index is 470. The number of methoxy groups -OCH3 is 1. The summed E-state index contributed by atoms with van der Waals surface area (Å²) in [7, 11) is 1.39. The summed E-state index contributed by atoms with van der Waals surface area (Å²) in [6.45, 7) is 3.28. The standard InChI is InChI=1S/C13H14O4/c1-7-8-3-5-17-12(8)10(13(14)15-2)9-4-6-16-11(7)9/h3-6H2,1-2H3. The Balaban J connectivity index is 2.30. The molecule has 0 N–H and O–H groups in total. The highest BCUT2D eigenvalue weighted by atomic mass is 16.5. The van der Waals surface area contributed by atoms with Gasteiger partial charge in [0.2, 0.25) is 0 Å². The van der Waals surface area contributed by atoms with Gasteiger partial charge in [-0.3, -0.25) is 0 Å². The number of hydrogen-bond acceptors (Lipinski definition) is 4. The van der Waals surface area contributed by atoms with Crippen molar-refractivity contribution >= 4 is 5.97 Å². The molecule has 2 aliphatic heterocycles. The lowest BCUT2D eigenvalue weighted by atomic mass is 9.95. The highest BCUT2D eigenvalue weighted by Crippen LogP contribution is 2.44. The van der Waals surface area contributed by atoms with Crippen LogP contribution in [0.4, 0.5) is 0 Å². The number of ether oxygens (including phenoxy) is 3. The number of carbonyl (C=O) groups is 1. The highest BCUT2D eigenvalue weighted by Gasteiger charge is 2.33. The van der Waals surface area contributed by atoms with Gasteiger partial charge in [-0.1, -0.05) is 0 Å². The van der Waals surface area contributed by atoms with Gasteiger partial charge in [0.15, 0.2) is 0 Å². The van der Waals surface area contributed by atoms with Gasteiger partial charge in [-0.05, 0) is 12.5 Å². The van der Waals surface area contributed by atoms with E-state index in [4.69, 9.17) is 14.2 Å². The van der Waals surface area contributed by atoms with Crippen molar-refractivity contribution in [1.29, 1.82) is 0 Å². The van der Waals surface area contributed by atoms with Gasteiger partial charge < -0.3 is 14.2 Å². The van der Waals surface area contributed by atoms with Crippen molar-refractivity contribution in [2.75, 3.05) is 20.3 Å². The summed E-state index contributed by atoms with van der Waals surface area (Å²) in [6.07, 6.45) is 1.58. The molecule has 1 aromatic rings. The molecule has 0 atom stereocenters. The van der Waals surface area contributed by atoms with Crippen molar-refractivity contribution in [3.63, 3.8) is 0 Å². The smallest absolute Gasteiger partial charge is 0.342 e. The fourth-order valence-electron chi connectivity index (χ4n) is 2.66. The molecular weight excluding hydrogens is 220 g/mol. The third-order valence-corrected chi connectivity index (χ3v) is 3.46. The molecule has 0 aromatic heterocycles. The van der Waals surface area contributed by atoms with Gasteiger partial charge in [0.25, 0.3) is 0 Å². The van der Waals surface area contributed by atoms with Crippen LogP contribution in [0, 0.1) is 6.92 Å². The van der Waals surface area contributed by atoms with E-state index in [1.807, 2.05) is 6.92 Å². The normalized spacial score (nSPS) is 15.9. The van der Waals surface area contributed by atoms with Crippen LogP contribution in [0.1, 0.15) is 27.0 Å². The van der Waals surface area contributed by atoms with Crippen LogP contribution in [-0.4, -0.2) is 26.3 Å². The summed E-state index contributed by atoms with van der Waals surface area (Å²) in [5, 5.41) is 0. The monoisotopic (exact) mass is 234 g/mol. The molecule has 1 aromatic carbocycles. The van der Waals surface area contributed by atoms with Crippen molar-refractivity contribution in [3.8, 4) is 11.5 Å². The first-order chi connectivity index (χ1) is 8.24. The van der Waals surface area contributed by atoms with Gasteiger partial charge >= 0.3 is 5.97 Å². The van der Waals surface area contributed by atoms with E-state index in [0.29, 0.717) is 24.5 Å². The number of hydrogen-bond donors (Lipinski definition) is 0. The zero-order valence-electron chi connectivity index (χ0n) is 9.96. The van der Waals surface area contributed by atoms with Crippen molar-refractivity contribution in [1.82, 2.24) is 0 Å². The van der Waals surface area contributed by atoms with Crippen LogP contribution in [0.15, 0.2) is 0 Å². The summed E-state index contributed by atoms with van der Waals surface area (Å²) in [6, 6.07) is 0. The van der Waals surface area contributed by atoms with E-state index in [9.17, 15) is 4.79 Å². The van der Waals surface area contributed by atoms with Crippen LogP contribution < -0.4 is 9.47 Å². The minimum absolute atomic E-state index is 0.329. The minimum Gasteiger partial charge on any atom is -0.493 e. The fourth-order valence-corrected chi connectivity index (χ4v) is 2.66. The van der Waals surface area contributed by atoms with Gasteiger partial charge in [-0.2, -0.15) is 0 Å². The van der Waals surface area contributed by atoms with Crippen molar-refractivity contribution in [3.05, 3.63) is 22.3 Å². The second-order valence-corrected chi connectivity index (χ2v) is 4.30. The molecule has 3 rings (SSSR count). The molecule has 0 amide bonds. The number of benzene rings is 1. The van der Waals surface area contributed by atoms with E-state index < -0.39 is 0 Å². The van der Waals surface area contributed by atoms with Crippen molar-refractivity contribution < 1.29 is 19.0 Å². The van der Waals surface area contributed by atoms with Gasteiger partial charge in [-0.15, -0.1) is 0 Å². The fraction of sp³-hybridized carbons (Fsp3) is 0.462. The molecule has 0 saturated carbocycles. The molecule has 0 fully saturated rings. The predicted octanol–water partition coefficient (Wildman–Crippen LogP) is 1.65. The van der Waals surface area contributed by atoms with Crippen molar-refractivity contribution in [2.24, 2.45) is 0 Å². The van der Waals surface area contributed by atoms with E-state index in [-0.39, 0.29) is 5.97 Å². The summed E-state index contributed by atoms with van der Waals surface area (Å²) in [4.78, 5) is 11.9. The molecule has 17 heavy (non-hydrogen) atoms. The second kappa shape index (κ2) is 3.65. The van der Waals surface area contributed by atoms with Crippen LogP contribution in [0.2, 0.25) is 0 Å². The summed E-state index contributed by atoms with van der Waals surface area (Å²) in [5.41, 5.74) is 3.71. The molecule has 2 aliphatic rings. The molecule has 0 aliphatic carbocycles. The zero-order chi connectivity index (χ0) is 12.0. The lowest BCUT2D eigenvalue weighted by Crippen LogP contribution is -2.08. The van der Waals surface area contributed by atoms with Crippen LogP contribution in [0.5, 0.6) is 11.5 Å². The maximum atomic E-state index is 11.9. The molecule has 0 unspecified atom stereocenters. The average Bonchev–Trinajstić information content (AvgIpc) is 2.96. The number of esters is 1. The Morgan fingerprint density at radius 1 is 1.12 bits per heavy atom. The van der Waals surface area contributed by atoms with E-state index >= 15 is 0 Å². The third kappa shape index (κ3) is 1.33. The molecular formula is C13H14O4.